The number of nitrogens with one attached hydrogen (secondary N) is 1. The van der Waals surface area contributed by atoms with Crippen molar-refractivity contribution in [1.82, 2.24) is 25.0 Å². The second-order valence-corrected chi connectivity index (χ2v) is 8.28. The van der Waals surface area contributed by atoms with E-state index in [4.69, 9.17) is 4.74 Å². The van der Waals surface area contributed by atoms with Crippen molar-refractivity contribution >= 4 is 17.7 Å². The monoisotopic (exact) mass is 367 g/mol. The predicted molar refractivity (Wildman–Crippen MR) is 97.9 cm³/mol. The maximum absolute atomic E-state index is 12.3. The number of morpholine rings is 1. The molecule has 3 rings (SSSR count). The van der Waals surface area contributed by atoms with Gasteiger partial charge in [0.05, 0.1) is 19.0 Å². The van der Waals surface area contributed by atoms with E-state index >= 15 is 0 Å². The van der Waals surface area contributed by atoms with Crippen LogP contribution in [0.3, 0.4) is 0 Å². The van der Waals surface area contributed by atoms with Gasteiger partial charge in [-0.05, 0) is 33.6 Å². The van der Waals surface area contributed by atoms with E-state index in [-0.39, 0.29) is 11.4 Å². The van der Waals surface area contributed by atoms with Gasteiger partial charge >= 0.3 is 0 Å². The Morgan fingerprint density at radius 1 is 1.32 bits per heavy atom. The molecule has 1 aliphatic heterocycles. The van der Waals surface area contributed by atoms with Gasteiger partial charge in [-0.15, -0.1) is 10.2 Å². The van der Waals surface area contributed by atoms with Crippen LogP contribution in [-0.4, -0.2) is 69.7 Å². The zero-order valence-corrected chi connectivity index (χ0v) is 16.3. The van der Waals surface area contributed by atoms with Crippen LogP contribution in [0.5, 0.6) is 0 Å². The van der Waals surface area contributed by atoms with E-state index in [2.05, 4.69) is 45.8 Å². The number of aromatic nitrogens is 3. The Balaban J connectivity index is 1.46. The molecule has 1 N–H and O–H groups in total. The first-order valence-electron chi connectivity index (χ1n) is 9.16. The van der Waals surface area contributed by atoms with Gasteiger partial charge in [0, 0.05) is 37.6 Å². The number of carbonyl (C=O) groups is 1. The van der Waals surface area contributed by atoms with Crippen LogP contribution in [-0.2, 0) is 16.1 Å². The lowest BCUT2D eigenvalue weighted by atomic mass is 10.0. The molecule has 1 saturated carbocycles. The van der Waals surface area contributed by atoms with Crippen molar-refractivity contribution in [2.45, 2.75) is 56.8 Å². The number of thioether (sulfide) groups is 1. The predicted octanol–water partition coefficient (Wildman–Crippen LogP) is 1.49. The number of hydrogen-bond acceptors (Lipinski definition) is 6. The molecule has 140 valence electrons. The highest BCUT2D eigenvalue weighted by Gasteiger charge is 2.30. The topological polar surface area (TPSA) is 72.3 Å². The molecule has 8 heteroatoms. The normalized spacial score (nSPS) is 19.2. The first-order chi connectivity index (χ1) is 12.0. The largest absolute Gasteiger partial charge is 0.379 e. The minimum Gasteiger partial charge on any atom is -0.379 e. The summed E-state index contributed by atoms with van der Waals surface area (Å²) in [6.45, 7) is 11.3. The van der Waals surface area contributed by atoms with E-state index in [0.29, 0.717) is 18.2 Å². The van der Waals surface area contributed by atoms with Crippen LogP contribution in [0.15, 0.2) is 5.16 Å². The van der Waals surface area contributed by atoms with Crippen LogP contribution < -0.4 is 5.32 Å². The summed E-state index contributed by atoms with van der Waals surface area (Å²) >= 11 is 1.48. The number of amides is 1. The summed E-state index contributed by atoms with van der Waals surface area (Å²) in [5, 5.41) is 12.5. The van der Waals surface area contributed by atoms with Crippen molar-refractivity contribution in [3.8, 4) is 0 Å². The molecule has 0 radical (unpaired) electrons. The molecule has 0 bridgehead atoms. The van der Waals surface area contributed by atoms with Crippen LogP contribution in [0, 0.1) is 0 Å². The minimum atomic E-state index is -0.0628. The highest BCUT2D eigenvalue weighted by atomic mass is 32.2. The third-order valence-corrected chi connectivity index (χ3v) is 5.89. The molecule has 0 aromatic carbocycles. The molecule has 2 heterocycles. The zero-order valence-electron chi connectivity index (χ0n) is 15.5. The van der Waals surface area contributed by atoms with Gasteiger partial charge in [0.25, 0.3) is 0 Å². The lowest BCUT2D eigenvalue weighted by Crippen LogP contribution is -2.55. The van der Waals surface area contributed by atoms with Crippen molar-refractivity contribution in [3.05, 3.63) is 5.82 Å². The smallest absolute Gasteiger partial charge is 0.230 e. The number of ether oxygens (including phenoxy) is 1. The number of hydrogen-bond donors (Lipinski definition) is 1. The Labute approximate surface area is 153 Å². The van der Waals surface area contributed by atoms with Gasteiger partial charge in [-0.2, -0.15) is 0 Å². The molecule has 7 nitrogen and oxygen atoms in total. The molecule has 2 aliphatic rings. The van der Waals surface area contributed by atoms with Crippen molar-refractivity contribution < 1.29 is 9.53 Å². The molecule has 2 fully saturated rings. The van der Waals surface area contributed by atoms with E-state index in [1.165, 1.54) is 24.6 Å². The van der Waals surface area contributed by atoms with Crippen LogP contribution in [0.2, 0.25) is 0 Å². The molecule has 1 saturated heterocycles. The Hall–Kier alpha value is -1.12. The van der Waals surface area contributed by atoms with Crippen molar-refractivity contribution in [1.29, 1.82) is 0 Å². The van der Waals surface area contributed by atoms with Gasteiger partial charge in [0.2, 0.25) is 5.91 Å². The molecule has 0 unspecified atom stereocenters. The second kappa shape index (κ2) is 8.05. The summed E-state index contributed by atoms with van der Waals surface area (Å²) in [5.41, 5.74) is -0.0628. The van der Waals surface area contributed by atoms with Gasteiger partial charge in [0.15, 0.2) is 5.16 Å². The van der Waals surface area contributed by atoms with E-state index in [1.54, 1.807) is 0 Å². The van der Waals surface area contributed by atoms with Crippen molar-refractivity contribution in [3.63, 3.8) is 0 Å². The standard InChI is InChI=1S/C17H29N5O2S/c1-4-22-15(13-5-6-13)19-20-16(22)25-11-14(23)18-12-17(2,3)21-7-9-24-10-8-21/h13H,4-12H2,1-3H3,(H,18,23). The maximum atomic E-state index is 12.3. The molecule has 0 atom stereocenters. The average Bonchev–Trinajstić information content (AvgIpc) is 3.39. The van der Waals surface area contributed by atoms with Gasteiger partial charge in [0.1, 0.15) is 5.82 Å². The van der Waals surface area contributed by atoms with Gasteiger partial charge < -0.3 is 14.6 Å². The number of carbonyl (C=O) groups excluding carboxylic acids is 1. The quantitative estimate of drug-likeness (QED) is 0.702. The minimum absolute atomic E-state index is 0.0463. The maximum Gasteiger partial charge on any atom is 0.230 e. The third-order valence-electron chi connectivity index (χ3n) is 4.92. The highest BCUT2D eigenvalue weighted by molar-refractivity contribution is 7.99. The van der Waals surface area contributed by atoms with Crippen LogP contribution in [0.4, 0.5) is 0 Å². The first-order valence-corrected chi connectivity index (χ1v) is 10.1. The fourth-order valence-corrected chi connectivity index (χ4v) is 3.96. The lowest BCUT2D eigenvalue weighted by Gasteiger charge is -2.40. The van der Waals surface area contributed by atoms with Gasteiger partial charge in [-0.1, -0.05) is 11.8 Å². The fraction of sp³-hybridized carbons (Fsp3) is 0.824. The molecule has 1 amide bonds. The summed E-state index contributed by atoms with van der Waals surface area (Å²) in [6.07, 6.45) is 2.42. The number of nitrogens with zero attached hydrogens (tertiary/aromatic N) is 4. The first kappa shape index (κ1) is 18.7. The van der Waals surface area contributed by atoms with E-state index in [0.717, 1.165) is 43.8 Å². The summed E-state index contributed by atoms with van der Waals surface area (Å²) in [7, 11) is 0. The Morgan fingerprint density at radius 3 is 2.68 bits per heavy atom. The molecule has 1 aromatic rings. The molecule has 0 spiro atoms. The average molecular weight is 368 g/mol. The van der Waals surface area contributed by atoms with E-state index in [9.17, 15) is 4.79 Å². The van der Waals surface area contributed by atoms with Crippen LogP contribution in [0.25, 0.3) is 0 Å². The van der Waals surface area contributed by atoms with Crippen molar-refractivity contribution in [2.24, 2.45) is 0 Å². The number of rotatable bonds is 8. The van der Waals surface area contributed by atoms with Gasteiger partial charge in [-0.3, -0.25) is 9.69 Å². The Bertz CT molecular complexity index is 594. The summed E-state index contributed by atoms with van der Waals surface area (Å²) < 4.78 is 7.55. The van der Waals surface area contributed by atoms with E-state index < -0.39 is 0 Å². The summed E-state index contributed by atoms with van der Waals surface area (Å²) in [6, 6.07) is 0. The second-order valence-electron chi connectivity index (χ2n) is 7.34. The molecule has 1 aliphatic carbocycles. The van der Waals surface area contributed by atoms with Crippen molar-refractivity contribution in [2.75, 3.05) is 38.6 Å². The lowest BCUT2D eigenvalue weighted by molar-refractivity contribution is -0.119. The molecular formula is C17H29N5O2S. The third kappa shape index (κ3) is 4.74. The summed E-state index contributed by atoms with van der Waals surface area (Å²) in [4.78, 5) is 14.6. The zero-order chi connectivity index (χ0) is 17.9. The fourth-order valence-electron chi connectivity index (χ4n) is 3.12. The molecule has 1 aromatic heterocycles. The van der Waals surface area contributed by atoms with E-state index in [1.807, 2.05) is 0 Å². The highest BCUT2D eigenvalue weighted by Crippen LogP contribution is 2.39. The molecule has 25 heavy (non-hydrogen) atoms. The SMILES string of the molecule is CCn1c(SCC(=O)NCC(C)(C)N2CCOCC2)nnc1C1CC1. The Kier molecular flexibility index (Phi) is 6.01. The van der Waals surface area contributed by atoms with Gasteiger partial charge in [-0.25, -0.2) is 0 Å². The Morgan fingerprint density at radius 2 is 2.04 bits per heavy atom. The molecular weight excluding hydrogens is 338 g/mol. The summed E-state index contributed by atoms with van der Waals surface area (Å²) in [5.74, 6) is 2.08. The van der Waals surface area contributed by atoms with Crippen LogP contribution >= 0.6 is 11.8 Å². The van der Waals surface area contributed by atoms with Crippen LogP contribution in [0.1, 0.15) is 45.4 Å².